The number of methoxy groups -OCH3 is 3. The number of hydrogen-bond donors (Lipinski definition) is 1. The molecule has 0 aliphatic carbocycles. The highest BCUT2D eigenvalue weighted by Crippen LogP contribution is 2.34. The van der Waals surface area contributed by atoms with Crippen LogP contribution in [0.25, 0.3) is 0 Å². The van der Waals surface area contributed by atoms with Crippen molar-refractivity contribution in [2.75, 3.05) is 21.3 Å². The zero-order valence-electron chi connectivity index (χ0n) is 12.8. The third-order valence-electron chi connectivity index (χ3n) is 3.67. The average molecular weight is 287 g/mol. The molecule has 4 heteroatoms. The van der Waals surface area contributed by atoms with E-state index in [1.54, 1.807) is 21.3 Å². The minimum absolute atomic E-state index is 0.633. The lowest BCUT2D eigenvalue weighted by molar-refractivity contribution is 0.353. The Kier molecular flexibility index (Phi) is 4.38. The van der Waals surface area contributed by atoms with Crippen LogP contribution in [0.1, 0.15) is 18.1 Å². The Bertz CT molecular complexity index is 606. The molecular weight excluding hydrogens is 266 g/mol. The lowest BCUT2D eigenvalue weighted by Gasteiger charge is -2.27. The van der Waals surface area contributed by atoms with Crippen molar-refractivity contribution in [3.8, 4) is 17.2 Å². The van der Waals surface area contributed by atoms with Gasteiger partial charge in [0.25, 0.3) is 0 Å². The molecule has 2 rings (SSSR count). The fourth-order valence-corrected chi connectivity index (χ4v) is 2.26. The summed E-state index contributed by atoms with van der Waals surface area (Å²) in [4.78, 5) is 0. The molecule has 0 aliphatic heterocycles. The van der Waals surface area contributed by atoms with E-state index in [1.165, 1.54) is 0 Å². The summed E-state index contributed by atoms with van der Waals surface area (Å²) in [5.74, 6) is 2.16. The van der Waals surface area contributed by atoms with Crippen molar-refractivity contribution in [3.05, 3.63) is 53.6 Å². The van der Waals surface area contributed by atoms with Gasteiger partial charge in [-0.2, -0.15) is 0 Å². The van der Waals surface area contributed by atoms with Gasteiger partial charge in [0, 0.05) is 0 Å². The van der Waals surface area contributed by atoms with Crippen LogP contribution in [0, 0.1) is 0 Å². The molecule has 2 aromatic carbocycles. The van der Waals surface area contributed by atoms with E-state index >= 15 is 0 Å². The molecule has 2 N–H and O–H groups in total. The Balaban J connectivity index is 2.42. The molecule has 0 saturated carbocycles. The number of ether oxygens (including phenoxy) is 3. The molecule has 0 fully saturated rings. The van der Waals surface area contributed by atoms with E-state index in [0.29, 0.717) is 11.5 Å². The first-order valence-electron chi connectivity index (χ1n) is 6.69. The van der Waals surface area contributed by atoms with Gasteiger partial charge in [-0.3, -0.25) is 0 Å². The molecule has 4 nitrogen and oxygen atoms in total. The largest absolute Gasteiger partial charge is 0.497 e. The summed E-state index contributed by atoms with van der Waals surface area (Å²) in [6.45, 7) is 1.97. The molecule has 21 heavy (non-hydrogen) atoms. The lowest BCUT2D eigenvalue weighted by atomic mass is 9.85. The zero-order valence-corrected chi connectivity index (χ0v) is 12.8. The summed E-state index contributed by atoms with van der Waals surface area (Å²) < 4.78 is 15.8. The van der Waals surface area contributed by atoms with Crippen molar-refractivity contribution in [3.63, 3.8) is 0 Å². The monoisotopic (exact) mass is 287 g/mol. The fraction of sp³-hybridized carbons (Fsp3) is 0.294. The Morgan fingerprint density at radius 3 is 1.86 bits per heavy atom. The van der Waals surface area contributed by atoms with Gasteiger partial charge in [0.1, 0.15) is 5.75 Å². The molecule has 0 bridgehead atoms. The van der Waals surface area contributed by atoms with Crippen LogP contribution in [-0.4, -0.2) is 21.3 Å². The van der Waals surface area contributed by atoms with Crippen LogP contribution in [0.4, 0.5) is 0 Å². The van der Waals surface area contributed by atoms with Crippen LogP contribution in [0.5, 0.6) is 17.2 Å². The maximum Gasteiger partial charge on any atom is 0.161 e. The third kappa shape index (κ3) is 2.95. The van der Waals surface area contributed by atoms with E-state index in [9.17, 15) is 0 Å². The topological polar surface area (TPSA) is 53.7 Å². The second-order valence-electron chi connectivity index (χ2n) is 5.00. The highest BCUT2D eigenvalue weighted by Gasteiger charge is 2.25. The van der Waals surface area contributed by atoms with Crippen molar-refractivity contribution >= 4 is 0 Å². The number of rotatable bonds is 5. The van der Waals surface area contributed by atoms with Gasteiger partial charge in [-0.1, -0.05) is 18.2 Å². The van der Waals surface area contributed by atoms with Gasteiger partial charge in [0.2, 0.25) is 0 Å². The first kappa shape index (κ1) is 15.2. The smallest absolute Gasteiger partial charge is 0.161 e. The molecule has 0 spiro atoms. The Labute approximate surface area is 125 Å². The van der Waals surface area contributed by atoms with Gasteiger partial charge < -0.3 is 19.9 Å². The van der Waals surface area contributed by atoms with Crippen LogP contribution >= 0.6 is 0 Å². The highest BCUT2D eigenvalue weighted by atomic mass is 16.5. The van der Waals surface area contributed by atoms with Gasteiger partial charge in [-0.25, -0.2) is 0 Å². The Hall–Kier alpha value is -2.20. The van der Waals surface area contributed by atoms with E-state index in [-0.39, 0.29) is 0 Å². The normalized spacial score (nSPS) is 13.4. The predicted octanol–water partition coefficient (Wildman–Crippen LogP) is 2.93. The highest BCUT2D eigenvalue weighted by molar-refractivity contribution is 5.48. The average Bonchev–Trinajstić information content (AvgIpc) is 2.54. The molecule has 1 atom stereocenters. The van der Waals surface area contributed by atoms with Crippen LogP contribution in [0.15, 0.2) is 42.5 Å². The molecule has 0 saturated heterocycles. The molecule has 0 aliphatic rings. The number of hydrogen-bond acceptors (Lipinski definition) is 4. The van der Waals surface area contributed by atoms with Crippen molar-refractivity contribution in [1.29, 1.82) is 0 Å². The van der Waals surface area contributed by atoms with Crippen LogP contribution < -0.4 is 19.9 Å². The van der Waals surface area contributed by atoms with E-state index in [0.717, 1.165) is 16.9 Å². The fourth-order valence-electron chi connectivity index (χ4n) is 2.26. The molecule has 2 aromatic rings. The number of nitrogens with two attached hydrogens (primary N) is 1. The summed E-state index contributed by atoms with van der Waals surface area (Å²) in [6, 6.07) is 13.5. The van der Waals surface area contributed by atoms with E-state index in [1.807, 2.05) is 49.4 Å². The quantitative estimate of drug-likeness (QED) is 0.918. The maximum absolute atomic E-state index is 6.53. The minimum atomic E-state index is -0.633. The summed E-state index contributed by atoms with van der Waals surface area (Å²) in [5.41, 5.74) is 7.84. The van der Waals surface area contributed by atoms with Gasteiger partial charge >= 0.3 is 0 Å². The third-order valence-corrected chi connectivity index (χ3v) is 3.67. The predicted molar refractivity (Wildman–Crippen MR) is 83.2 cm³/mol. The second-order valence-corrected chi connectivity index (χ2v) is 5.00. The summed E-state index contributed by atoms with van der Waals surface area (Å²) in [6.07, 6.45) is 0. The zero-order chi connectivity index (χ0) is 15.5. The molecule has 1 unspecified atom stereocenters. The van der Waals surface area contributed by atoms with Gasteiger partial charge in [0.05, 0.1) is 26.9 Å². The SMILES string of the molecule is COc1ccc(C(C)(N)c2ccc(OC)c(OC)c2)cc1. The van der Waals surface area contributed by atoms with E-state index in [4.69, 9.17) is 19.9 Å². The molecule has 0 amide bonds. The molecule has 112 valence electrons. The summed E-state index contributed by atoms with van der Waals surface area (Å²) in [5, 5.41) is 0. The first-order chi connectivity index (χ1) is 10.0. The molecular formula is C17H21NO3. The second kappa shape index (κ2) is 6.06. The Morgan fingerprint density at radius 1 is 0.762 bits per heavy atom. The summed E-state index contributed by atoms with van der Waals surface area (Å²) in [7, 11) is 4.87. The van der Waals surface area contributed by atoms with Crippen LogP contribution in [-0.2, 0) is 5.54 Å². The van der Waals surface area contributed by atoms with E-state index < -0.39 is 5.54 Å². The van der Waals surface area contributed by atoms with Gasteiger partial charge in [-0.05, 0) is 42.3 Å². The van der Waals surface area contributed by atoms with Crippen LogP contribution in [0.2, 0.25) is 0 Å². The number of benzene rings is 2. The summed E-state index contributed by atoms with van der Waals surface area (Å²) >= 11 is 0. The standard InChI is InChI=1S/C17H21NO3/c1-17(18,12-5-8-14(19-2)9-6-12)13-7-10-15(20-3)16(11-13)21-4/h5-11H,18H2,1-4H3. The van der Waals surface area contributed by atoms with Gasteiger partial charge in [-0.15, -0.1) is 0 Å². The van der Waals surface area contributed by atoms with Crippen molar-refractivity contribution < 1.29 is 14.2 Å². The first-order valence-corrected chi connectivity index (χ1v) is 6.69. The van der Waals surface area contributed by atoms with Crippen molar-refractivity contribution in [2.24, 2.45) is 5.73 Å². The minimum Gasteiger partial charge on any atom is -0.497 e. The molecule has 0 aromatic heterocycles. The van der Waals surface area contributed by atoms with Crippen LogP contribution in [0.3, 0.4) is 0 Å². The maximum atomic E-state index is 6.53. The van der Waals surface area contributed by atoms with Crippen molar-refractivity contribution in [1.82, 2.24) is 0 Å². The lowest BCUT2D eigenvalue weighted by Crippen LogP contribution is -2.34. The molecule has 0 heterocycles. The van der Waals surface area contributed by atoms with E-state index in [2.05, 4.69) is 0 Å². The van der Waals surface area contributed by atoms with Gasteiger partial charge in [0.15, 0.2) is 11.5 Å². The Morgan fingerprint density at radius 2 is 1.33 bits per heavy atom. The van der Waals surface area contributed by atoms with Crippen molar-refractivity contribution in [2.45, 2.75) is 12.5 Å². The molecule has 0 radical (unpaired) electrons.